The predicted molar refractivity (Wildman–Crippen MR) is 293 cm³/mol. The van der Waals surface area contributed by atoms with Gasteiger partial charge in [0.2, 0.25) is 5.60 Å². The maximum atomic E-state index is 15.0. The molecule has 2 aliphatic heterocycles. The first kappa shape index (κ1) is 53.6. The van der Waals surface area contributed by atoms with Gasteiger partial charge in [-0.1, -0.05) is 175 Å². The number of hydrogen-bond donors (Lipinski definition) is 3. The molecule has 1 unspecified atom stereocenters. The minimum absolute atomic E-state index is 0.0220. The zero-order valence-corrected chi connectivity index (χ0v) is 44.5. The summed E-state index contributed by atoms with van der Waals surface area (Å²) in [7, 11) is 0. The van der Waals surface area contributed by atoms with Gasteiger partial charge < -0.3 is 29.7 Å². The van der Waals surface area contributed by atoms with Crippen LogP contribution in [0.4, 0.5) is 14.7 Å². The average Bonchev–Trinajstić information content (AvgIpc) is 3.86. The molecule has 2 atom stereocenters. The van der Waals surface area contributed by atoms with E-state index in [0.29, 0.717) is 21.6 Å². The minimum Gasteiger partial charge on any atom is -0.448 e. The van der Waals surface area contributed by atoms with Gasteiger partial charge in [-0.2, -0.15) is 0 Å². The second kappa shape index (κ2) is 23.7. The smallest absolute Gasteiger partial charge is 0.413 e. The zero-order valence-electron chi connectivity index (χ0n) is 42.1. The lowest BCUT2D eigenvalue weighted by atomic mass is 9.80. The number of carbonyl (C=O) groups excluding carboxylic acids is 5. The van der Waals surface area contributed by atoms with Crippen LogP contribution in [0.1, 0.15) is 81.2 Å². The second-order valence-corrected chi connectivity index (χ2v) is 22.1. The molecule has 6 aromatic rings. The number of amides is 4. The molecule has 0 saturated carbocycles. The fourth-order valence-corrected chi connectivity index (χ4v) is 11.1. The van der Waals surface area contributed by atoms with Crippen molar-refractivity contribution in [3.63, 3.8) is 0 Å². The number of β-lactam (4-membered cyclic amide) rings is 1. The highest BCUT2D eigenvalue weighted by molar-refractivity contribution is 8.08. The molecule has 5 aromatic carbocycles. The summed E-state index contributed by atoms with van der Waals surface area (Å²) in [4.78, 5) is 82.9. The Hall–Kier alpha value is -7.67. The molecule has 4 amide bonds. The molecule has 0 aliphatic carbocycles. The highest BCUT2D eigenvalue weighted by Crippen LogP contribution is 2.45. The Morgan fingerprint density at radius 2 is 1.25 bits per heavy atom. The summed E-state index contributed by atoms with van der Waals surface area (Å²) in [6.45, 7) is 10.7. The van der Waals surface area contributed by atoms with E-state index < -0.39 is 64.3 Å². The van der Waals surface area contributed by atoms with E-state index in [2.05, 4.69) is 26.1 Å². The Kier molecular flexibility index (Phi) is 16.9. The van der Waals surface area contributed by atoms with Crippen molar-refractivity contribution in [1.82, 2.24) is 20.5 Å². The van der Waals surface area contributed by atoms with Gasteiger partial charge in [-0.15, -0.1) is 23.1 Å². The highest BCUT2D eigenvalue weighted by Gasteiger charge is 2.55. The number of nitrogens with zero attached hydrogens (tertiary/aromatic N) is 3. The van der Waals surface area contributed by atoms with Crippen molar-refractivity contribution in [2.75, 3.05) is 17.6 Å². The van der Waals surface area contributed by atoms with E-state index in [9.17, 15) is 24.0 Å². The SMILES string of the molecule is CC(C)(C)OC(=O)NC/C=C\SC1=C(C(=O)OC(c2ccccc2)c2ccccc2)N2C(=O)C(NC(=O)/C(=N\OC(c3ccccc3)(c3ccccc3)c3ccccc3)c3csc(NC(=O)OC(C)(C)C)n3)[C@H]2SC1. The Morgan fingerprint density at radius 1 is 0.747 bits per heavy atom. The number of carbonyl (C=O) groups is 5. The number of alkyl carbamates (subject to hydrolysis) is 1. The third-order valence-electron chi connectivity index (χ3n) is 11.3. The van der Waals surface area contributed by atoms with Crippen LogP contribution in [-0.4, -0.2) is 80.5 Å². The quantitative estimate of drug-likeness (QED) is 0.0196. The second-order valence-electron chi connectivity index (χ2n) is 19.1. The summed E-state index contributed by atoms with van der Waals surface area (Å²) in [5.74, 6) is -1.88. The largest absolute Gasteiger partial charge is 0.448 e. The van der Waals surface area contributed by atoms with Crippen LogP contribution in [0.5, 0.6) is 0 Å². The molecule has 0 radical (unpaired) electrons. The van der Waals surface area contributed by atoms with Gasteiger partial charge >= 0.3 is 18.2 Å². The molecule has 0 spiro atoms. The van der Waals surface area contributed by atoms with Gasteiger partial charge in [-0.05, 0) is 58.1 Å². The van der Waals surface area contributed by atoms with E-state index in [-0.39, 0.29) is 34.5 Å². The minimum atomic E-state index is -1.41. The van der Waals surface area contributed by atoms with Crippen molar-refractivity contribution in [3.8, 4) is 0 Å². The van der Waals surface area contributed by atoms with Crippen LogP contribution in [0.15, 0.2) is 184 Å². The third-order valence-corrected chi connectivity index (χ3v) is 14.5. The van der Waals surface area contributed by atoms with Gasteiger partial charge in [0, 0.05) is 39.3 Å². The summed E-state index contributed by atoms with van der Waals surface area (Å²) >= 11 is 3.60. The summed E-state index contributed by atoms with van der Waals surface area (Å²) in [5.41, 5.74) is 0.435. The number of nitrogens with one attached hydrogen (secondary N) is 3. The Morgan fingerprint density at radius 3 is 1.77 bits per heavy atom. The topological polar surface area (TPSA) is 187 Å². The van der Waals surface area contributed by atoms with Crippen LogP contribution < -0.4 is 16.0 Å². The highest BCUT2D eigenvalue weighted by atomic mass is 32.2. The standard InChI is InChI=1S/C57H56N6O9S3/c1-55(2,3)70-53(67)58-33-22-34-73-43-36-74-50-45(49(65)63(50)46(43)51(66)69-47(37-23-12-7-13-24-37)38-25-14-8-15-26-38)60-48(64)44(42-35-75-52(59-42)61-54(68)71-56(4,5)6)62-72-57(39-27-16-9-17-28-39,40-29-18-10-19-30-40)41-31-20-11-21-32-41/h7-32,34-35,45,47,50H,33,36H2,1-6H3,(H,58,67)(H,60,64)(H,59,61,68)/b34-22-,62-44-/t45?,50-/m1/s1. The zero-order chi connectivity index (χ0) is 53.2. The van der Waals surface area contributed by atoms with Crippen LogP contribution in [0.3, 0.4) is 0 Å². The number of thiazole rings is 1. The summed E-state index contributed by atoms with van der Waals surface area (Å²) < 4.78 is 17.2. The predicted octanol–water partition coefficient (Wildman–Crippen LogP) is 10.9. The molecule has 0 bridgehead atoms. The number of aromatic nitrogens is 1. The fraction of sp³-hybridized carbons (Fsp3) is 0.246. The molecule has 3 heterocycles. The molecule has 8 rings (SSSR count). The van der Waals surface area contributed by atoms with Gasteiger partial charge in [0.25, 0.3) is 11.8 Å². The van der Waals surface area contributed by atoms with E-state index in [1.54, 1.807) is 58.4 Å². The van der Waals surface area contributed by atoms with Crippen LogP contribution in [0, 0.1) is 0 Å². The monoisotopic (exact) mass is 1060 g/mol. The van der Waals surface area contributed by atoms with E-state index in [1.807, 2.05) is 152 Å². The number of benzene rings is 5. The molecule has 15 nitrogen and oxygen atoms in total. The van der Waals surface area contributed by atoms with Gasteiger partial charge in [-0.25, -0.2) is 19.4 Å². The van der Waals surface area contributed by atoms with Gasteiger partial charge in [-0.3, -0.25) is 19.8 Å². The number of esters is 1. The maximum absolute atomic E-state index is 15.0. The van der Waals surface area contributed by atoms with Crippen molar-refractivity contribution in [1.29, 1.82) is 0 Å². The normalized spacial score (nSPS) is 15.9. The molecule has 2 aliphatic rings. The van der Waals surface area contributed by atoms with E-state index in [1.165, 1.54) is 28.4 Å². The van der Waals surface area contributed by atoms with Crippen LogP contribution in [0.25, 0.3) is 0 Å². The number of oxime groups is 1. The Bertz CT molecular complexity index is 2930. The molecule has 1 saturated heterocycles. The molecule has 1 aromatic heterocycles. The van der Waals surface area contributed by atoms with Crippen molar-refractivity contribution < 1.29 is 43.0 Å². The molecule has 75 heavy (non-hydrogen) atoms. The number of anilines is 1. The van der Waals surface area contributed by atoms with Gasteiger partial charge in [0.1, 0.15) is 34.0 Å². The number of hydrogen-bond acceptors (Lipinski definition) is 14. The summed E-state index contributed by atoms with van der Waals surface area (Å²) in [6, 6.07) is 45.9. The van der Waals surface area contributed by atoms with E-state index in [4.69, 9.17) is 19.0 Å². The van der Waals surface area contributed by atoms with Crippen molar-refractivity contribution in [3.05, 3.63) is 213 Å². The average molecular weight is 1070 g/mol. The lowest BCUT2D eigenvalue weighted by Gasteiger charge is -2.49. The first-order valence-electron chi connectivity index (χ1n) is 24.0. The molecular weight excluding hydrogens is 1010 g/mol. The number of ether oxygens (including phenoxy) is 3. The summed E-state index contributed by atoms with van der Waals surface area (Å²) in [5, 5.41) is 15.5. The summed E-state index contributed by atoms with van der Waals surface area (Å²) in [6.07, 6.45) is -0.454. The lowest BCUT2D eigenvalue weighted by molar-refractivity contribution is -0.154. The van der Waals surface area contributed by atoms with Crippen molar-refractivity contribution in [2.45, 2.75) is 75.9 Å². The maximum Gasteiger partial charge on any atom is 0.413 e. The van der Waals surface area contributed by atoms with Crippen LogP contribution in [0.2, 0.25) is 0 Å². The van der Waals surface area contributed by atoms with Gasteiger partial charge in [0.15, 0.2) is 16.9 Å². The van der Waals surface area contributed by atoms with Crippen LogP contribution in [-0.2, 0) is 39.0 Å². The molecule has 386 valence electrons. The first-order chi connectivity index (χ1) is 36.0. The number of rotatable bonds is 17. The molecule has 1 fully saturated rings. The number of fused-ring (bicyclic) bond motifs is 1. The Labute approximate surface area is 448 Å². The third kappa shape index (κ3) is 13.2. The molecule has 18 heteroatoms. The fourth-order valence-electron chi connectivity index (χ4n) is 8.09. The van der Waals surface area contributed by atoms with Crippen LogP contribution >= 0.6 is 34.9 Å². The Balaban J connectivity index is 1.13. The lowest BCUT2D eigenvalue weighted by Crippen LogP contribution is -2.71. The number of thioether (sulfide) groups is 2. The van der Waals surface area contributed by atoms with Crippen molar-refractivity contribution >= 4 is 75.7 Å². The molecular formula is C57H56N6O9S3. The first-order valence-corrected chi connectivity index (χ1v) is 26.8. The van der Waals surface area contributed by atoms with E-state index in [0.717, 1.165) is 22.5 Å². The van der Waals surface area contributed by atoms with Gasteiger partial charge in [0.05, 0.1) is 0 Å². The van der Waals surface area contributed by atoms with E-state index >= 15 is 0 Å². The van der Waals surface area contributed by atoms with Crippen molar-refractivity contribution in [2.24, 2.45) is 5.16 Å². The molecule has 3 N–H and O–H groups in total.